The first-order valence-electron chi connectivity index (χ1n) is 14.1. The third kappa shape index (κ3) is 8.24. The minimum Gasteiger partial charge on any atom is -0.456 e. The van der Waals surface area contributed by atoms with Gasteiger partial charge >= 0.3 is 18.2 Å². The van der Waals surface area contributed by atoms with Gasteiger partial charge in [0.05, 0.1) is 11.1 Å². The van der Waals surface area contributed by atoms with Crippen molar-refractivity contribution in [1.29, 1.82) is 0 Å². The molecular weight excluding hydrogens is 535 g/mol. The molecule has 4 rings (SSSR count). The van der Waals surface area contributed by atoms with E-state index in [9.17, 15) is 27.6 Å². The molecule has 1 heterocycles. The standard InChI is InChI=1S/C31H38F3N3O4/c1-30(2,3)41-28(39)23-10-8-21(9-11-23)22-12-16-25(17-13-22)36-27(38)26-5-4-18-37(26)29(40)35-19-20-6-14-24(15-7-20)31(32,33)34/h6-11,14-15,22,25-26H,4-5,12-13,16-19H2,1-3H3,(H,35,40)(H,36,38)/t22?,25?,26-/m1/s1. The fraction of sp³-hybridized carbons (Fsp3) is 0.516. The second-order valence-corrected chi connectivity index (χ2v) is 11.9. The molecule has 1 atom stereocenters. The first kappa shape index (κ1) is 30.4. The largest absolute Gasteiger partial charge is 0.456 e. The first-order valence-corrected chi connectivity index (χ1v) is 14.1. The van der Waals surface area contributed by atoms with Gasteiger partial charge in [0.25, 0.3) is 0 Å². The highest BCUT2D eigenvalue weighted by Gasteiger charge is 2.36. The zero-order valence-corrected chi connectivity index (χ0v) is 23.7. The number of benzene rings is 2. The number of likely N-dealkylation sites (tertiary alicyclic amines) is 1. The maximum atomic E-state index is 13.1. The Kier molecular flexibility index (Phi) is 9.29. The number of urea groups is 1. The van der Waals surface area contributed by atoms with E-state index in [-0.39, 0.29) is 24.5 Å². The van der Waals surface area contributed by atoms with Gasteiger partial charge in [-0.25, -0.2) is 9.59 Å². The van der Waals surface area contributed by atoms with Gasteiger partial charge in [0.2, 0.25) is 5.91 Å². The summed E-state index contributed by atoms with van der Waals surface area (Å²) < 4.78 is 43.7. The topological polar surface area (TPSA) is 87.7 Å². The molecule has 2 aromatic rings. The third-order valence-corrected chi connectivity index (χ3v) is 7.63. The van der Waals surface area contributed by atoms with Crippen molar-refractivity contribution in [3.63, 3.8) is 0 Å². The summed E-state index contributed by atoms with van der Waals surface area (Å²) >= 11 is 0. The van der Waals surface area contributed by atoms with Crippen LogP contribution in [-0.2, 0) is 22.3 Å². The summed E-state index contributed by atoms with van der Waals surface area (Å²) in [5.74, 6) is -0.170. The fourth-order valence-electron chi connectivity index (χ4n) is 5.47. The minimum atomic E-state index is -4.41. The SMILES string of the molecule is CC(C)(C)OC(=O)c1ccc(C2CCC(NC(=O)[C@H]3CCCN3C(=O)NCc3ccc(C(F)(F)F)cc3)CC2)cc1. The highest BCUT2D eigenvalue weighted by molar-refractivity contribution is 5.89. The van der Waals surface area contributed by atoms with Crippen molar-refractivity contribution >= 4 is 17.9 Å². The molecular formula is C31H38F3N3O4. The summed E-state index contributed by atoms with van der Waals surface area (Å²) in [5.41, 5.74) is 0.938. The Morgan fingerprint density at radius 2 is 1.54 bits per heavy atom. The number of carbonyl (C=O) groups excluding carboxylic acids is 3. The molecule has 0 unspecified atom stereocenters. The summed E-state index contributed by atoms with van der Waals surface area (Å²) in [6, 6.07) is 11.3. The van der Waals surface area contributed by atoms with Crippen LogP contribution in [0.25, 0.3) is 0 Å². The predicted molar refractivity (Wildman–Crippen MR) is 148 cm³/mol. The molecule has 2 aromatic carbocycles. The molecule has 1 aliphatic heterocycles. The van der Waals surface area contributed by atoms with E-state index in [1.807, 2.05) is 32.9 Å². The average Bonchev–Trinajstić information content (AvgIpc) is 3.42. The number of nitrogens with one attached hydrogen (secondary N) is 2. The van der Waals surface area contributed by atoms with E-state index in [2.05, 4.69) is 10.6 Å². The summed E-state index contributed by atoms with van der Waals surface area (Å²) in [7, 11) is 0. The minimum absolute atomic E-state index is 0.0254. The van der Waals surface area contributed by atoms with Gasteiger partial charge in [-0.2, -0.15) is 13.2 Å². The second kappa shape index (κ2) is 12.5. The Morgan fingerprint density at radius 3 is 2.12 bits per heavy atom. The van der Waals surface area contributed by atoms with Crippen LogP contribution >= 0.6 is 0 Å². The zero-order valence-electron chi connectivity index (χ0n) is 23.7. The monoisotopic (exact) mass is 573 g/mol. The smallest absolute Gasteiger partial charge is 0.416 e. The Hall–Kier alpha value is -3.56. The highest BCUT2D eigenvalue weighted by Crippen LogP contribution is 2.33. The Bertz CT molecular complexity index is 1220. The lowest BCUT2D eigenvalue weighted by molar-refractivity contribution is -0.137. The van der Waals surface area contributed by atoms with Gasteiger partial charge in [0.15, 0.2) is 0 Å². The molecule has 0 bridgehead atoms. The van der Waals surface area contributed by atoms with Crippen molar-refractivity contribution in [3.05, 3.63) is 70.8 Å². The number of amides is 3. The number of halogens is 3. The normalized spacial score (nSPS) is 21.3. The third-order valence-electron chi connectivity index (χ3n) is 7.63. The van der Waals surface area contributed by atoms with E-state index in [1.165, 1.54) is 17.0 Å². The molecule has 2 fully saturated rings. The van der Waals surface area contributed by atoms with E-state index in [0.29, 0.717) is 36.4 Å². The van der Waals surface area contributed by atoms with E-state index in [4.69, 9.17) is 4.74 Å². The van der Waals surface area contributed by atoms with Crippen molar-refractivity contribution in [3.8, 4) is 0 Å². The van der Waals surface area contributed by atoms with Crippen LogP contribution in [0.1, 0.15) is 92.3 Å². The lowest BCUT2D eigenvalue weighted by atomic mass is 9.81. The number of hydrogen-bond donors (Lipinski definition) is 2. The lowest BCUT2D eigenvalue weighted by Gasteiger charge is -2.31. The molecule has 1 saturated heterocycles. The van der Waals surface area contributed by atoms with Crippen LogP contribution in [0, 0.1) is 0 Å². The van der Waals surface area contributed by atoms with E-state index >= 15 is 0 Å². The van der Waals surface area contributed by atoms with Crippen LogP contribution in [0.3, 0.4) is 0 Å². The van der Waals surface area contributed by atoms with Gasteiger partial charge in [-0.15, -0.1) is 0 Å². The molecule has 222 valence electrons. The maximum Gasteiger partial charge on any atom is 0.416 e. The molecule has 1 saturated carbocycles. The molecule has 41 heavy (non-hydrogen) atoms. The van der Waals surface area contributed by atoms with Crippen molar-refractivity contribution in [1.82, 2.24) is 15.5 Å². The van der Waals surface area contributed by atoms with Crippen molar-refractivity contribution in [2.24, 2.45) is 0 Å². The number of esters is 1. The van der Waals surface area contributed by atoms with Crippen molar-refractivity contribution in [2.45, 2.75) is 95.6 Å². The second-order valence-electron chi connectivity index (χ2n) is 11.9. The van der Waals surface area contributed by atoms with Crippen LogP contribution < -0.4 is 10.6 Å². The van der Waals surface area contributed by atoms with Crippen LogP contribution in [0.4, 0.5) is 18.0 Å². The van der Waals surface area contributed by atoms with E-state index < -0.39 is 29.4 Å². The molecule has 10 heteroatoms. The summed E-state index contributed by atoms with van der Waals surface area (Å²) in [4.78, 5) is 39.7. The number of carbonyl (C=O) groups is 3. The molecule has 2 aliphatic rings. The molecule has 0 aromatic heterocycles. The molecule has 7 nitrogen and oxygen atoms in total. The summed E-state index contributed by atoms with van der Waals surface area (Å²) in [6.45, 7) is 6.03. The quantitative estimate of drug-likeness (QED) is 0.404. The first-order chi connectivity index (χ1) is 19.3. The van der Waals surface area contributed by atoms with Gasteiger partial charge in [-0.05, 0) is 101 Å². The van der Waals surface area contributed by atoms with E-state index in [0.717, 1.165) is 43.4 Å². The molecule has 0 spiro atoms. The number of rotatable bonds is 6. The molecule has 1 aliphatic carbocycles. The van der Waals surface area contributed by atoms with Crippen molar-refractivity contribution in [2.75, 3.05) is 6.54 Å². The van der Waals surface area contributed by atoms with Crippen LogP contribution in [0.2, 0.25) is 0 Å². The molecule has 3 amide bonds. The average molecular weight is 574 g/mol. The number of nitrogens with zero attached hydrogens (tertiary/aromatic N) is 1. The summed E-state index contributed by atoms with van der Waals surface area (Å²) in [5, 5.41) is 5.86. The molecule has 2 N–H and O–H groups in total. The Morgan fingerprint density at radius 1 is 0.902 bits per heavy atom. The lowest BCUT2D eigenvalue weighted by Crippen LogP contribution is -2.51. The number of alkyl halides is 3. The number of ether oxygens (including phenoxy) is 1. The van der Waals surface area contributed by atoms with Gasteiger partial charge in [0, 0.05) is 19.1 Å². The maximum absolute atomic E-state index is 13.1. The van der Waals surface area contributed by atoms with Gasteiger partial charge in [-0.3, -0.25) is 4.79 Å². The zero-order chi connectivity index (χ0) is 29.8. The van der Waals surface area contributed by atoms with Crippen molar-refractivity contribution < 1.29 is 32.3 Å². The van der Waals surface area contributed by atoms with Crippen LogP contribution in [-0.4, -0.2) is 47.0 Å². The van der Waals surface area contributed by atoms with Gasteiger partial charge in [-0.1, -0.05) is 24.3 Å². The van der Waals surface area contributed by atoms with Gasteiger partial charge < -0.3 is 20.3 Å². The van der Waals surface area contributed by atoms with Gasteiger partial charge in [0.1, 0.15) is 11.6 Å². The Labute approximate surface area is 238 Å². The highest BCUT2D eigenvalue weighted by atomic mass is 19.4. The Balaban J connectivity index is 1.23. The fourth-order valence-corrected chi connectivity index (χ4v) is 5.47. The van der Waals surface area contributed by atoms with Crippen LogP contribution in [0.5, 0.6) is 0 Å². The van der Waals surface area contributed by atoms with E-state index in [1.54, 1.807) is 12.1 Å². The summed E-state index contributed by atoms with van der Waals surface area (Å²) in [6.07, 6.45) is 0.300. The van der Waals surface area contributed by atoms with Crippen LogP contribution in [0.15, 0.2) is 48.5 Å². The number of hydrogen-bond acceptors (Lipinski definition) is 4. The molecule has 0 radical (unpaired) electrons. The predicted octanol–water partition coefficient (Wildman–Crippen LogP) is 6.18.